The van der Waals surface area contributed by atoms with Crippen molar-refractivity contribution in [3.63, 3.8) is 0 Å². The number of H-pyrrole nitrogens is 1. The first kappa shape index (κ1) is 32.6. The van der Waals surface area contributed by atoms with Crippen LogP contribution in [0.15, 0.2) is 60.7 Å². The number of fused-ring (bicyclic) bond motifs is 1. The van der Waals surface area contributed by atoms with E-state index >= 15 is 0 Å². The van der Waals surface area contributed by atoms with E-state index < -0.39 is 52.8 Å². The van der Waals surface area contributed by atoms with Crippen LogP contribution in [-0.2, 0) is 17.1 Å². The third kappa shape index (κ3) is 6.76. The zero-order valence-corrected chi connectivity index (χ0v) is 25.3. The fraction of sp³-hybridized carbons (Fsp3) is 0.323. The highest BCUT2D eigenvalue weighted by Crippen LogP contribution is 2.39. The predicted molar refractivity (Wildman–Crippen MR) is 157 cm³/mol. The van der Waals surface area contributed by atoms with Gasteiger partial charge in [-0.1, -0.05) is 41.4 Å². The Morgan fingerprint density at radius 1 is 0.956 bits per heavy atom. The summed E-state index contributed by atoms with van der Waals surface area (Å²) in [5.74, 6) is -2.08. The number of carbonyl (C=O) groups excluding carboxylic acids is 2. The third-order valence-corrected chi connectivity index (χ3v) is 8.84. The van der Waals surface area contributed by atoms with E-state index in [0.717, 1.165) is 10.4 Å². The molecule has 1 unspecified atom stereocenters. The van der Waals surface area contributed by atoms with Crippen molar-refractivity contribution in [2.45, 2.75) is 43.6 Å². The zero-order chi connectivity index (χ0) is 32.8. The maximum Gasteiger partial charge on any atom is 0.416 e. The number of carbonyl (C=O) groups is 2. The Balaban J connectivity index is 1.46. The molecule has 0 radical (unpaired) electrons. The molecule has 1 saturated heterocycles. The minimum atomic E-state index is -5.11. The van der Waals surface area contributed by atoms with E-state index in [0.29, 0.717) is 29.0 Å². The molecule has 5 rings (SSSR count). The van der Waals surface area contributed by atoms with Crippen LogP contribution in [0, 0.1) is 0 Å². The van der Waals surface area contributed by atoms with Crippen molar-refractivity contribution in [3.05, 3.63) is 98.8 Å². The van der Waals surface area contributed by atoms with E-state index in [1.807, 2.05) is 24.3 Å². The molecule has 238 valence electrons. The van der Waals surface area contributed by atoms with E-state index in [-0.39, 0.29) is 41.5 Å². The Labute approximate surface area is 263 Å². The lowest BCUT2D eigenvalue weighted by molar-refractivity contribution is -0.143. The Kier molecular flexibility index (Phi) is 8.85. The van der Waals surface area contributed by atoms with Crippen molar-refractivity contribution < 1.29 is 35.9 Å². The first-order valence-electron chi connectivity index (χ1n) is 13.8. The highest BCUT2D eigenvalue weighted by molar-refractivity contribution is 6.42. The number of halogens is 8. The minimum Gasteiger partial charge on any atom is -0.341 e. The molecule has 3 atom stereocenters. The molecular formula is C31H26Cl2F6N4O2. The number of nitrogens with zero attached hydrogens (tertiary/aromatic N) is 3. The number of nitrogens with one attached hydrogen (secondary N) is 1. The molecule has 1 fully saturated rings. The van der Waals surface area contributed by atoms with Crippen molar-refractivity contribution in [1.29, 1.82) is 0 Å². The molecule has 1 aromatic heterocycles. The van der Waals surface area contributed by atoms with Gasteiger partial charge in [0, 0.05) is 37.7 Å². The molecule has 4 aromatic rings. The molecule has 3 aromatic carbocycles. The van der Waals surface area contributed by atoms with Crippen LogP contribution < -0.4 is 0 Å². The van der Waals surface area contributed by atoms with Crippen LogP contribution >= 0.6 is 23.2 Å². The van der Waals surface area contributed by atoms with Gasteiger partial charge in [-0.25, -0.2) is 4.98 Å². The number of imidazole rings is 1. The number of aromatic amines is 1. The Bertz CT molecular complexity index is 1690. The van der Waals surface area contributed by atoms with Crippen LogP contribution in [0.25, 0.3) is 11.0 Å². The average Bonchev–Trinajstić information content (AvgIpc) is 3.44. The number of alkyl halides is 6. The lowest BCUT2D eigenvalue weighted by Crippen LogP contribution is -2.52. The molecule has 45 heavy (non-hydrogen) atoms. The Hall–Kier alpha value is -3.77. The van der Waals surface area contributed by atoms with E-state index in [1.54, 1.807) is 24.0 Å². The molecule has 0 saturated carbocycles. The Morgan fingerprint density at radius 2 is 1.60 bits per heavy atom. The van der Waals surface area contributed by atoms with Crippen molar-refractivity contribution in [1.82, 2.24) is 19.8 Å². The summed E-state index contributed by atoms with van der Waals surface area (Å²) in [4.78, 5) is 37.7. The van der Waals surface area contributed by atoms with Gasteiger partial charge in [-0.3, -0.25) is 9.59 Å². The van der Waals surface area contributed by atoms with E-state index in [4.69, 9.17) is 23.2 Å². The topological polar surface area (TPSA) is 69.3 Å². The summed E-state index contributed by atoms with van der Waals surface area (Å²) in [6, 6.07) is 12.2. The van der Waals surface area contributed by atoms with Crippen molar-refractivity contribution in [2.75, 3.05) is 20.1 Å². The zero-order valence-electron chi connectivity index (χ0n) is 23.8. The second-order valence-electron chi connectivity index (χ2n) is 11.0. The lowest BCUT2D eigenvalue weighted by atomic mass is 9.84. The minimum absolute atomic E-state index is 0.0252. The molecule has 1 aliphatic heterocycles. The second kappa shape index (κ2) is 12.2. The fourth-order valence-electron chi connectivity index (χ4n) is 5.68. The van der Waals surface area contributed by atoms with Crippen LogP contribution in [0.1, 0.15) is 58.1 Å². The van der Waals surface area contributed by atoms with Gasteiger partial charge in [0.1, 0.15) is 5.82 Å². The SMILES string of the molecule is CC(C(=O)N1CC[C@@H](N(C)C(=O)c2cc(C(F)(F)F)cc(C(F)(F)F)c2)[C@H](c2ccc(Cl)c(Cl)c2)C1)c1nc2ccccc2[nH]1. The molecule has 1 aliphatic rings. The number of benzene rings is 3. The van der Waals surface area contributed by atoms with Gasteiger partial charge >= 0.3 is 12.4 Å². The van der Waals surface area contributed by atoms with Crippen LogP contribution in [0.4, 0.5) is 26.3 Å². The van der Waals surface area contributed by atoms with E-state index in [2.05, 4.69) is 9.97 Å². The standard InChI is InChI=1S/C31H26Cl2F6N4O2/c1-16(27-40-24-5-3-4-6-25(24)41-27)28(44)43-10-9-26(21(15-43)17-7-8-22(32)23(33)13-17)42(2)29(45)18-11-19(30(34,35)36)14-20(12-18)31(37,38)39/h3-8,11-14,16,21,26H,9-10,15H2,1-2H3,(H,40,41)/t16?,21-,26+/m0/s1. The number of aromatic nitrogens is 2. The summed E-state index contributed by atoms with van der Waals surface area (Å²) in [5, 5.41) is 0.459. The summed E-state index contributed by atoms with van der Waals surface area (Å²) < 4.78 is 81.1. The maximum atomic E-state index is 13.7. The monoisotopic (exact) mass is 670 g/mol. The third-order valence-electron chi connectivity index (χ3n) is 8.10. The fourth-order valence-corrected chi connectivity index (χ4v) is 5.98. The number of para-hydroxylation sites is 2. The van der Waals surface area contributed by atoms with Crippen molar-refractivity contribution in [3.8, 4) is 0 Å². The molecule has 0 bridgehead atoms. The van der Waals surface area contributed by atoms with Gasteiger partial charge in [-0.15, -0.1) is 0 Å². The molecular weight excluding hydrogens is 645 g/mol. The number of likely N-dealkylation sites (tertiary alicyclic amines) is 1. The van der Waals surface area contributed by atoms with Gasteiger partial charge in [-0.2, -0.15) is 26.3 Å². The predicted octanol–water partition coefficient (Wildman–Crippen LogP) is 8.17. The van der Waals surface area contributed by atoms with Gasteiger partial charge in [0.2, 0.25) is 5.91 Å². The first-order valence-corrected chi connectivity index (χ1v) is 14.5. The van der Waals surface area contributed by atoms with E-state index in [9.17, 15) is 35.9 Å². The summed E-state index contributed by atoms with van der Waals surface area (Å²) in [6.45, 7) is 1.96. The van der Waals surface area contributed by atoms with Gasteiger partial charge in [0.25, 0.3) is 5.91 Å². The molecule has 0 spiro atoms. The van der Waals surface area contributed by atoms with Gasteiger partial charge in [0.05, 0.1) is 38.1 Å². The molecule has 0 aliphatic carbocycles. The highest BCUT2D eigenvalue weighted by Gasteiger charge is 2.41. The lowest BCUT2D eigenvalue weighted by Gasteiger charge is -2.43. The average molecular weight is 671 g/mol. The van der Waals surface area contributed by atoms with Gasteiger partial charge < -0.3 is 14.8 Å². The molecule has 6 nitrogen and oxygen atoms in total. The number of piperidine rings is 1. The van der Waals surface area contributed by atoms with Crippen molar-refractivity contribution in [2.24, 2.45) is 0 Å². The van der Waals surface area contributed by atoms with Crippen LogP contribution in [-0.4, -0.2) is 57.8 Å². The normalized spacial score (nSPS) is 18.2. The quantitative estimate of drug-likeness (QED) is 0.218. The Morgan fingerprint density at radius 3 is 2.20 bits per heavy atom. The highest BCUT2D eigenvalue weighted by atomic mass is 35.5. The number of hydrogen-bond donors (Lipinski definition) is 1. The summed E-state index contributed by atoms with van der Waals surface area (Å²) in [5.41, 5.74) is -1.89. The molecule has 14 heteroatoms. The molecule has 1 N–H and O–H groups in total. The van der Waals surface area contributed by atoms with Crippen molar-refractivity contribution >= 4 is 46.0 Å². The summed E-state index contributed by atoms with van der Waals surface area (Å²) in [7, 11) is 1.32. The summed E-state index contributed by atoms with van der Waals surface area (Å²) in [6.07, 6.45) is -10.0. The first-order chi connectivity index (χ1) is 21.0. The van der Waals surface area contributed by atoms with Crippen LogP contribution in [0.5, 0.6) is 0 Å². The smallest absolute Gasteiger partial charge is 0.341 e. The number of hydrogen-bond acceptors (Lipinski definition) is 3. The van der Waals surface area contributed by atoms with Gasteiger partial charge in [-0.05, 0) is 61.4 Å². The summed E-state index contributed by atoms with van der Waals surface area (Å²) >= 11 is 12.4. The molecule has 2 heterocycles. The number of likely N-dealkylation sites (N-methyl/N-ethyl adjacent to an activating group) is 1. The van der Waals surface area contributed by atoms with E-state index in [1.165, 1.54) is 13.1 Å². The number of rotatable bonds is 5. The molecule has 2 amide bonds. The second-order valence-corrected chi connectivity index (χ2v) is 11.8. The van der Waals surface area contributed by atoms with Gasteiger partial charge in [0.15, 0.2) is 0 Å². The van der Waals surface area contributed by atoms with Crippen LogP contribution in [0.2, 0.25) is 10.0 Å². The maximum absolute atomic E-state index is 13.7. The largest absolute Gasteiger partial charge is 0.416 e. The van der Waals surface area contributed by atoms with Crippen LogP contribution in [0.3, 0.4) is 0 Å². The number of amides is 2.